The van der Waals surface area contributed by atoms with Gasteiger partial charge < -0.3 is 0 Å². The molecule has 0 aliphatic heterocycles. The molecule has 0 aliphatic carbocycles. The lowest BCUT2D eigenvalue weighted by Gasteiger charge is -2.32. The lowest BCUT2D eigenvalue weighted by Crippen LogP contribution is -2.30. The molecular weight excluding hydrogens is 308 g/mol. The molecule has 106 valence electrons. The highest BCUT2D eigenvalue weighted by atomic mass is 79.9. The zero-order valence-electron chi connectivity index (χ0n) is 12.6. The second-order valence-corrected chi connectivity index (χ2v) is 6.37. The van der Waals surface area contributed by atoms with E-state index in [2.05, 4.69) is 85.2 Å². The number of benzene rings is 2. The van der Waals surface area contributed by atoms with Crippen LogP contribution in [0.4, 0.5) is 0 Å². The van der Waals surface area contributed by atoms with Gasteiger partial charge in [-0.3, -0.25) is 0 Å². The fourth-order valence-electron chi connectivity index (χ4n) is 3.00. The number of hydrogen-bond acceptors (Lipinski definition) is 0. The van der Waals surface area contributed by atoms with Crippen LogP contribution in [0.5, 0.6) is 0 Å². The van der Waals surface area contributed by atoms with Crippen molar-refractivity contribution >= 4 is 15.9 Å². The van der Waals surface area contributed by atoms with Gasteiger partial charge in [0.2, 0.25) is 0 Å². The third kappa shape index (κ3) is 3.32. The summed E-state index contributed by atoms with van der Waals surface area (Å²) < 4.78 is 0. The van der Waals surface area contributed by atoms with Crippen LogP contribution in [0.1, 0.15) is 35.6 Å². The zero-order chi connectivity index (χ0) is 14.6. The molecule has 0 saturated carbocycles. The van der Waals surface area contributed by atoms with Gasteiger partial charge in [0, 0.05) is 10.7 Å². The molecule has 2 rings (SSSR count). The van der Waals surface area contributed by atoms with Crippen LogP contribution >= 0.6 is 15.9 Å². The fourth-order valence-corrected chi connectivity index (χ4v) is 3.92. The predicted molar refractivity (Wildman–Crippen MR) is 91.8 cm³/mol. The fraction of sp³-hybridized carbons (Fsp3) is 0.368. The van der Waals surface area contributed by atoms with Crippen LogP contribution in [-0.4, -0.2) is 5.33 Å². The summed E-state index contributed by atoms with van der Waals surface area (Å²) in [5.74, 6) is 0. The van der Waals surface area contributed by atoms with E-state index in [0.29, 0.717) is 0 Å². The summed E-state index contributed by atoms with van der Waals surface area (Å²) in [7, 11) is 0. The summed E-state index contributed by atoms with van der Waals surface area (Å²) >= 11 is 3.76. The number of aryl methyl sites for hydroxylation is 2. The standard InChI is InChI=1S/C19H23Br/c1-4-19(14-20,18-8-6-5-7-9-18)13-17-11-15(2)10-16(3)12-17/h5-12H,4,13-14H2,1-3H3. The summed E-state index contributed by atoms with van der Waals surface area (Å²) in [5.41, 5.74) is 5.76. The molecule has 0 saturated heterocycles. The summed E-state index contributed by atoms with van der Waals surface area (Å²) in [6.45, 7) is 6.65. The van der Waals surface area contributed by atoms with E-state index < -0.39 is 0 Å². The Hall–Kier alpha value is -1.08. The minimum Gasteiger partial charge on any atom is -0.0918 e. The maximum atomic E-state index is 3.76. The van der Waals surface area contributed by atoms with Gasteiger partial charge >= 0.3 is 0 Å². The normalized spacial score (nSPS) is 14.0. The molecule has 0 spiro atoms. The van der Waals surface area contributed by atoms with E-state index in [1.54, 1.807) is 0 Å². The zero-order valence-corrected chi connectivity index (χ0v) is 14.2. The second-order valence-electron chi connectivity index (χ2n) is 5.81. The molecule has 1 atom stereocenters. The van der Waals surface area contributed by atoms with Crippen molar-refractivity contribution < 1.29 is 0 Å². The van der Waals surface area contributed by atoms with E-state index in [-0.39, 0.29) is 5.41 Å². The summed E-state index contributed by atoms with van der Waals surface area (Å²) in [4.78, 5) is 0. The van der Waals surface area contributed by atoms with Crippen molar-refractivity contribution in [2.75, 3.05) is 5.33 Å². The molecule has 20 heavy (non-hydrogen) atoms. The molecule has 0 N–H and O–H groups in total. The first-order valence-electron chi connectivity index (χ1n) is 7.28. The highest BCUT2D eigenvalue weighted by Crippen LogP contribution is 2.34. The maximum Gasteiger partial charge on any atom is 0.0132 e. The van der Waals surface area contributed by atoms with Crippen LogP contribution in [-0.2, 0) is 11.8 Å². The van der Waals surface area contributed by atoms with E-state index in [1.165, 1.54) is 22.3 Å². The topological polar surface area (TPSA) is 0 Å². The molecule has 0 nitrogen and oxygen atoms in total. The van der Waals surface area contributed by atoms with Crippen molar-refractivity contribution in [1.82, 2.24) is 0 Å². The van der Waals surface area contributed by atoms with Crippen LogP contribution in [0.2, 0.25) is 0 Å². The maximum absolute atomic E-state index is 3.76. The molecule has 1 heteroatoms. The number of hydrogen-bond donors (Lipinski definition) is 0. The minimum absolute atomic E-state index is 0.182. The van der Waals surface area contributed by atoms with Crippen LogP contribution in [0, 0.1) is 13.8 Å². The van der Waals surface area contributed by atoms with Crippen LogP contribution in [0.25, 0.3) is 0 Å². The van der Waals surface area contributed by atoms with Gasteiger partial charge in [0.05, 0.1) is 0 Å². The Morgan fingerprint density at radius 3 is 2.05 bits per heavy atom. The van der Waals surface area contributed by atoms with Gasteiger partial charge in [0.25, 0.3) is 0 Å². The average molecular weight is 331 g/mol. The highest BCUT2D eigenvalue weighted by Gasteiger charge is 2.29. The van der Waals surface area contributed by atoms with Gasteiger partial charge in [-0.1, -0.05) is 82.5 Å². The first-order chi connectivity index (χ1) is 9.59. The van der Waals surface area contributed by atoms with Gasteiger partial charge in [-0.25, -0.2) is 0 Å². The SMILES string of the molecule is CCC(CBr)(Cc1cc(C)cc(C)c1)c1ccccc1. The molecule has 0 bridgehead atoms. The first-order valence-corrected chi connectivity index (χ1v) is 8.40. The minimum atomic E-state index is 0.182. The predicted octanol–water partition coefficient (Wildman–Crippen LogP) is 5.59. The van der Waals surface area contributed by atoms with Crippen molar-refractivity contribution in [2.24, 2.45) is 0 Å². The lowest BCUT2D eigenvalue weighted by molar-refractivity contribution is 0.464. The number of alkyl halides is 1. The average Bonchev–Trinajstić information content (AvgIpc) is 2.45. The van der Waals surface area contributed by atoms with Gasteiger partial charge in [0.1, 0.15) is 0 Å². The Labute approximate surface area is 131 Å². The number of rotatable bonds is 5. The molecular formula is C19H23Br. The molecule has 2 aromatic rings. The van der Waals surface area contributed by atoms with E-state index in [9.17, 15) is 0 Å². The lowest BCUT2D eigenvalue weighted by atomic mass is 9.75. The number of halogens is 1. The summed E-state index contributed by atoms with van der Waals surface area (Å²) in [5, 5.41) is 0.994. The van der Waals surface area contributed by atoms with Crippen molar-refractivity contribution in [3.63, 3.8) is 0 Å². The van der Waals surface area contributed by atoms with E-state index >= 15 is 0 Å². The molecule has 0 amide bonds. The first kappa shape index (κ1) is 15.3. The van der Waals surface area contributed by atoms with Crippen LogP contribution in [0.15, 0.2) is 48.5 Å². The third-order valence-electron chi connectivity index (χ3n) is 4.14. The molecule has 0 heterocycles. The van der Waals surface area contributed by atoms with Gasteiger partial charge in [-0.2, -0.15) is 0 Å². The van der Waals surface area contributed by atoms with E-state index in [1.807, 2.05) is 0 Å². The van der Waals surface area contributed by atoms with Crippen molar-refractivity contribution in [3.05, 3.63) is 70.8 Å². The molecule has 0 aliphatic rings. The molecule has 0 aromatic heterocycles. The largest absolute Gasteiger partial charge is 0.0918 e. The Kier molecular flexibility index (Phi) is 5.04. The summed E-state index contributed by atoms with van der Waals surface area (Å²) in [6.07, 6.45) is 2.22. The third-order valence-corrected chi connectivity index (χ3v) is 5.22. The van der Waals surface area contributed by atoms with Gasteiger partial charge in [-0.15, -0.1) is 0 Å². The Morgan fingerprint density at radius 1 is 0.950 bits per heavy atom. The van der Waals surface area contributed by atoms with E-state index in [4.69, 9.17) is 0 Å². The van der Waals surface area contributed by atoms with Crippen molar-refractivity contribution in [1.29, 1.82) is 0 Å². The van der Waals surface area contributed by atoms with Crippen molar-refractivity contribution in [2.45, 2.75) is 39.0 Å². The summed E-state index contributed by atoms with van der Waals surface area (Å²) in [6, 6.07) is 17.8. The smallest absolute Gasteiger partial charge is 0.0132 e. The quantitative estimate of drug-likeness (QED) is 0.627. The Balaban J connectivity index is 2.39. The Morgan fingerprint density at radius 2 is 1.55 bits per heavy atom. The van der Waals surface area contributed by atoms with E-state index in [0.717, 1.165) is 18.2 Å². The van der Waals surface area contributed by atoms with Crippen molar-refractivity contribution in [3.8, 4) is 0 Å². The highest BCUT2D eigenvalue weighted by molar-refractivity contribution is 9.09. The molecule has 2 aromatic carbocycles. The second kappa shape index (κ2) is 6.58. The Bertz CT molecular complexity index is 533. The molecule has 0 radical (unpaired) electrons. The monoisotopic (exact) mass is 330 g/mol. The van der Waals surface area contributed by atoms with Crippen LogP contribution in [0.3, 0.4) is 0 Å². The van der Waals surface area contributed by atoms with Gasteiger partial charge in [-0.05, 0) is 37.8 Å². The molecule has 0 fully saturated rings. The molecule has 1 unspecified atom stereocenters. The van der Waals surface area contributed by atoms with Crippen LogP contribution < -0.4 is 0 Å². The van der Waals surface area contributed by atoms with Gasteiger partial charge in [0.15, 0.2) is 0 Å².